The van der Waals surface area contributed by atoms with Gasteiger partial charge < -0.3 is 9.47 Å². The van der Waals surface area contributed by atoms with Gasteiger partial charge in [0, 0.05) is 19.1 Å². The van der Waals surface area contributed by atoms with Crippen LogP contribution in [0, 0.1) is 6.92 Å². The molecule has 1 aromatic carbocycles. The molecule has 0 bridgehead atoms. The van der Waals surface area contributed by atoms with Gasteiger partial charge in [-0.2, -0.15) is 0 Å². The third kappa shape index (κ3) is 4.21. The van der Waals surface area contributed by atoms with Crippen molar-refractivity contribution >= 4 is 21.6 Å². The molecule has 0 unspecified atom stereocenters. The maximum absolute atomic E-state index is 12.7. The van der Waals surface area contributed by atoms with Gasteiger partial charge in [0.05, 0.1) is 11.9 Å². The summed E-state index contributed by atoms with van der Waals surface area (Å²) in [5.41, 5.74) is 1.54. The monoisotopic (exact) mass is 377 g/mol. The summed E-state index contributed by atoms with van der Waals surface area (Å²) < 4.78 is 27.5. The summed E-state index contributed by atoms with van der Waals surface area (Å²) in [6.07, 6.45) is 6.09. The minimum absolute atomic E-state index is 0.181. The molecule has 2 heterocycles. The first-order chi connectivity index (χ1) is 12.3. The number of hydrogen-bond acceptors (Lipinski definition) is 5. The van der Waals surface area contributed by atoms with Crippen LogP contribution >= 0.6 is 0 Å². The lowest BCUT2D eigenvalue weighted by Crippen LogP contribution is -2.45. The van der Waals surface area contributed by atoms with Gasteiger partial charge in [0.2, 0.25) is 15.9 Å². The molecule has 8 nitrogen and oxygen atoms in total. The number of carbonyl (C=O) groups is 1. The topological polar surface area (TPSA) is 88.4 Å². The molecule has 0 radical (unpaired) electrons. The number of aromatic nitrogens is 3. The molecule has 0 spiro atoms. The van der Waals surface area contributed by atoms with E-state index in [0.717, 1.165) is 24.7 Å². The highest BCUT2D eigenvalue weighted by molar-refractivity contribution is 7.92. The van der Waals surface area contributed by atoms with Gasteiger partial charge in [0.1, 0.15) is 19.2 Å². The van der Waals surface area contributed by atoms with Crippen LogP contribution in [0.25, 0.3) is 0 Å². The average molecular weight is 377 g/mol. The van der Waals surface area contributed by atoms with E-state index in [1.807, 2.05) is 23.6 Å². The minimum atomic E-state index is -3.55. The van der Waals surface area contributed by atoms with E-state index in [9.17, 15) is 13.2 Å². The second kappa shape index (κ2) is 7.45. The highest BCUT2D eigenvalue weighted by Gasteiger charge is 2.27. The van der Waals surface area contributed by atoms with Crippen LogP contribution in [0.5, 0.6) is 0 Å². The molecule has 0 N–H and O–H groups in total. The summed E-state index contributed by atoms with van der Waals surface area (Å²) in [4.78, 5) is 14.4. The molecular formula is C17H23N5O3S. The first-order valence-corrected chi connectivity index (χ1v) is 10.4. The van der Waals surface area contributed by atoms with Gasteiger partial charge in [-0.05, 0) is 31.9 Å². The number of nitrogens with zero attached hydrogens (tertiary/aromatic N) is 5. The molecule has 3 rings (SSSR count). The number of aryl methyl sites for hydroxylation is 1. The second-order valence-electron chi connectivity index (χ2n) is 6.63. The van der Waals surface area contributed by atoms with Crippen LogP contribution in [0.3, 0.4) is 0 Å². The van der Waals surface area contributed by atoms with Crippen molar-refractivity contribution in [2.75, 3.05) is 30.2 Å². The maximum Gasteiger partial charge on any atom is 0.243 e. The van der Waals surface area contributed by atoms with E-state index in [4.69, 9.17) is 0 Å². The van der Waals surface area contributed by atoms with Crippen LogP contribution in [-0.4, -0.2) is 59.9 Å². The van der Waals surface area contributed by atoms with E-state index >= 15 is 0 Å². The highest BCUT2D eigenvalue weighted by Crippen LogP contribution is 2.23. The van der Waals surface area contributed by atoms with Gasteiger partial charge in [0.15, 0.2) is 0 Å². The number of sulfonamides is 1. The zero-order valence-electron chi connectivity index (χ0n) is 14.9. The molecule has 1 aliphatic heterocycles. The van der Waals surface area contributed by atoms with Crippen LogP contribution in [0.1, 0.15) is 24.4 Å². The van der Waals surface area contributed by atoms with E-state index in [0.29, 0.717) is 18.8 Å². The molecule has 1 fully saturated rings. The van der Waals surface area contributed by atoms with Crippen molar-refractivity contribution in [2.24, 2.45) is 0 Å². The number of anilines is 1. The predicted octanol–water partition coefficient (Wildman–Crippen LogP) is 1.22. The van der Waals surface area contributed by atoms with Gasteiger partial charge in [0.25, 0.3) is 0 Å². The number of amides is 1. The molecule has 140 valence electrons. The number of rotatable bonds is 5. The van der Waals surface area contributed by atoms with E-state index in [1.54, 1.807) is 29.7 Å². The normalized spacial score (nSPS) is 15.8. The summed E-state index contributed by atoms with van der Waals surface area (Å²) in [6, 6.07) is 7.40. The van der Waals surface area contributed by atoms with Crippen molar-refractivity contribution in [2.45, 2.75) is 25.8 Å². The number of carbonyl (C=O) groups excluding carboxylic acids is 1. The van der Waals surface area contributed by atoms with Crippen LogP contribution < -0.4 is 4.31 Å². The smallest absolute Gasteiger partial charge is 0.243 e. The first kappa shape index (κ1) is 18.4. The Hall–Kier alpha value is -2.42. The Morgan fingerprint density at radius 1 is 1.15 bits per heavy atom. The fourth-order valence-corrected chi connectivity index (χ4v) is 3.99. The first-order valence-electron chi connectivity index (χ1n) is 8.51. The Morgan fingerprint density at radius 3 is 2.27 bits per heavy atom. The number of piperidine rings is 1. The SMILES string of the molecule is Cc1ccc(N(CC(=O)N2CCC(n3cnnc3)CC2)S(C)(=O)=O)cc1. The Bertz CT molecular complexity index is 841. The van der Waals surface area contributed by atoms with Crippen molar-refractivity contribution in [1.82, 2.24) is 19.7 Å². The van der Waals surface area contributed by atoms with Gasteiger partial charge in [-0.25, -0.2) is 8.42 Å². The summed E-state index contributed by atoms with van der Waals surface area (Å²) in [6.45, 7) is 2.93. The van der Waals surface area contributed by atoms with Gasteiger partial charge >= 0.3 is 0 Å². The third-order valence-electron chi connectivity index (χ3n) is 4.68. The van der Waals surface area contributed by atoms with E-state index < -0.39 is 10.0 Å². The maximum atomic E-state index is 12.7. The third-order valence-corrected chi connectivity index (χ3v) is 5.82. The zero-order chi connectivity index (χ0) is 18.7. The second-order valence-corrected chi connectivity index (χ2v) is 8.53. The Kier molecular flexibility index (Phi) is 5.26. The molecule has 1 aliphatic rings. The molecule has 9 heteroatoms. The van der Waals surface area contributed by atoms with Crippen LogP contribution in [0.4, 0.5) is 5.69 Å². The molecule has 1 aromatic heterocycles. The molecule has 2 aromatic rings. The summed E-state index contributed by atoms with van der Waals surface area (Å²) in [5.74, 6) is -0.182. The highest BCUT2D eigenvalue weighted by atomic mass is 32.2. The molecule has 0 aliphatic carbocycles. The van der Waals surface area contributed by atoms with Crippen molar-refractivity contribution in [1.29, 1.82) is 0 Å². The van der Waals surface area contributed by atoms with Crippen LogP contribution in [0.2, 0.25) is 0 Å². The predicted molar refractivity (Wildman–Crippen MR) is 98.2 cm³/mol. The fraction of sp³-hybridized carbons (Fsp3) is 0.471. The molecular weight excluding hydrogens is 354 g/mol. The van der Waals surface area contributed by atoms with Gasteiger partial charge in [-0.3, -0.25) is 9.10 Å². The Balaban J connectivity index is 1.66. The number of benzene rings is 1. The quantitative estimate of drug-likeness (QED) is 0.782. The zero-order valence-corrected chi connectivity index (χ0v) is 15.8. The lowest BCUT2D eigenvalue weighted by molar-refractivity contribution is -0.130. The lowest BCUT2D eigenvalue weighted by atomic mass is 10.0. The summed E-state index contributed by atoms with van der Waals surface area (Å²) >= 11 is 0. The largest absolute Gasteiger partial charge is 0.341 e. The van der Waals surface area contributed by atoms with Crippen molar-refractivity contribution in [3.8, 4) is 0 Å². The van der Waals surface area contributed by atoms with Gasteiger partial charge in [-0.1, -0.05) is 17.7 Å². The summed E-state index contributed by atoms with van der Waals surface area (Å²) in [5, 5.41) is 7.63. The van der Waals surface area contributed by atoms with Crippen molar-refractivity contribution in [3.05, 3.63) is 42.5 Å². The van der Waals surface area contributed by atoms with Crippen LogP contribution in [0.15, 0.2) is 36.9 Å². The molecule has 0 saturated carbocycles. The van der Waals surface area contributed by atoms with Crippen molar-refractivity contribution in [3.63, 3.8) is 0 Å². The molecule has 26 heavy (non-hydrogen) atoms. The molecule has 1 saturated heterocycles. The Morgan fingerprint density at radius 2 is 1.73 bits per heavy atom. The molecule has 1 amide bonds. The van der Waals surface area contributed by atoms with E-state index in [1.165, 1.54) is 4.31 Å². The average Bonchev–Trinajstić information content (AvgIpc) is 3.14. The Labute approximate surface area is 153 Å². The summed E-state index contributed by atoms with van der Waals surface area (Å²) in [7, 11) is -3.55. The fourth-order valence-electron chi connectivity index (χ4n) is 3.14. The minimum Gasteiger partial charge on any atom is -0.341 e. The molecule has 0 atom stereocenters. The number of hydrogen-bond donors (Lipinski definition) is 0. The van der Waals surface area contributed by atoms with Gasteiger partial charge in [-0.15, -0.1) is 10.2 Å². The lowest BCUT2D eigenvalue weighted by Gasteiger charge is -2.33. The standard InChI is InChI=1S/C17H23N5O3S/c1-14-3-5-16(6-4-14)22(26(2,24)25)11-17(23)20-9-7-15(8-10-20)21-12-18-19-13-21/h3-6,12-13,15H,7-11H2,1-2H3. The van der Waals surface area contributed by atoms with E-state index in [2.05, 4.69) is 10.2 Å². The van der Waals surface area contributed by atoms with Crippen molar-refractivity contribution < 1.29 is 13.2 Å². The van der Waals surface area contributed by atoms with E-state index in [-0.39, 0.29) is 18.5 Å². The van der Waals surface area contributed by atoms with Crippen LogP contribution in [-0.2, 0) is 14.8 Å². The number of likely N-dealkylation sites (tertiary alicyclic amines) is 1.